The Bertz CT molecular complexity index is 805. The summed E-state index contributed by atoms with van der Waals surface area (Å²) >= 11 is 0. The third-order valence-corrected chi connectivity index (χ3v) is 4.12. The fraction of sp³-hybridized carbons (Fsp3) is 0.158. The van der Waals surface area contributed by atoms with E-state index < -0.39 is 5.54 Å². The number of hydrogen-bond acceptors (Lipinski definition) is 5. The summed E-state index contributed by atoms with van der Waals surface area (Å²) in [5.74, 6) is 0.799. The molecule has 1 aromatic heterocycles. The maximum atomic E-state index is 6.60. The first kappa shape index (κ1) is 16.1. The molecule has 122 valence electrons. The van der Waals surface area contributed by atoms with Gasteiger partial charge in [0.1, 0.15) is 12.1 Å². The molecule has 0 saturated heterocycles. The van der Waals surface area contributed by atoms with E-state index in [0.29, 0.717) is 5.69 Å². The van der Waals surface area contributed by atoms with Crippen LogP contribution in [-0.4, -0.2) is 23.6 Å². The number of benzene rings is 2. The van der Waals surface area contributed by atoms with Crippen molar-refractivity contribution in [1.82, 2.24) is 9.97 Å². The monoisotopic (exact) mass is 320 g/mol. The average molecular weight is 320 g/mol. The van der Waals surface area contributed by atoms with E-state index in [4.69, 9.17) is 16.2 Å². The van der Waals surface area contributed by atoms with Crippen LogP contribution in [-0.2, 0) is 5.54 Å². The Balaban J connectivity index is 2.02. The Morgan fingerprint density at radius 2 is 1.71 bits per heavy atom. The zero-order chi connectivity index (χ0) is 17.0. The van der Waals surface area contributed by atoms with Gasteiger partial charge in [-0.2, -0.15) is 0 Å². The number of ether oxygens (including phenoxy) is 1. The summed E-state index contributed by atoms with van der Waals surface area (Å²) in [6.45, 7) is 0.246. The molecule has 4 N–H and O–H groups in total. The minimum atomic E-state index is -0.856. The predicted molar refractivity (Wildman–Crippen MR) is 94.5 cm³/mol. The molecule has 1 heterocycles. The van der Waals surface area contributed by atoms with Crippen molar-refractivity contribution in [3.8, 4) is 17.0 Å². The van der Waals surface area contributed by atoms with Gasteiger partial charge >= 0.3 is 0 Å². The van der Waals surface area contributed by atoms with Crippen LogP contribution in [0.4, 0.5) is 0 Å². The van der Waals surface area contributed by atoms with E-state index in [1.54, 1.807) is 7.11 Å². The summed E-state index contributed by atoms with van der Waals surface area (Å²) in [5, 5.41) is 0. The maximum Gasteiger partial charge on any atom is 0.118 e. The first-order chi connectivity index (χ1) is 11.7. The van der Waals surface area contributed by atoms with Crippen LogP contribution in [0.25, 0.3) is 11.3 Å². The number of aromatic nitrogens is 2. The largest absolute Gasteiger partial charge is 0.497 e. The summed E-state index contributed by atoms with van der Waals surface area (Å²) in [6, 6.07) is 19.3. The number of nitrogens with zero attached hydrogens (tertiary/aromatic N) is 2. The lowest BCUT2D eigenvalue weighted by Gasteiger charge is -2.28. The number of rotatable bonds is 5. The highest BCUT2D eigenvalue weighted by Gasteiger charge is 2.30. The van der Waals surface area contributed by atoms with Gasteiger partial charge < -0.3 is 16.2 Å². The summed E-state index contributed by atoms with van der Waals surface area (Å²) in [7, 11) is 1.64. The first-order valence-corrected chi connectivity index (χ1v) is 7.69. The van der Waals surface area contributed by atoms with Crippen molar-refractivity contribution in [3.05, 3.63) is 78.2 Å². The fourth-order valence-electron chi connectivity index (χ4n) is 2.63. The van der Waals surface area contributed by atoms with Crippen molar-refractivity contribution in [2.75, 3.05) is 13.7 Å². The average Bonchev–Trinajstić information content (AvgIpc) is 2.68. The molecule has 1 unspecified atom stereocenters. The molecule has 0 radical (unpaired) electrons. The van der Waals surface area contributed by atoms with E-state index in [0.717, 1.165) is 22.6 Å². The minimum Gasteiger partial charge on any atom is -0.497 e. The van der Waals surface area contributed by atoms with Crippen molar-refractivity contribution in [3.63, 3.8) is 0 Å². The van der Waals surface area contributed by atoms with Gasteiger partial charge in [0.2, 0.25) is 0 Å². The van der Waals surface area contributed by atoms with Gasteiger partial charge in [0.15, 0.2) is 0 Å². The molecule has 0 bridgehead atoms. The Labute approximate surface area is 141 Å². The molecule has 24 heavy (non-hydrogen) atoms. The second-order valence-corrected chi connectivity index (χ2v) is 5.56. The molecule has 3 rings (SSSR count). The van der Waals surface area contributed by atoms with E-state index >= 15 is 0 Å². The standard InChI is InChI=1S/C19H20N4O/c1-24-16-9-7-14(8-10-16)17-11-18(23-13-22-17)19(21,12-20)15-5-3-2-4-6-15/h2-11,13H,12,20-21H2,1H3. The van der Waals surface area contributed by atoms with Gasteiger partial charge in [-0.05, 0) is 35.9 Å². The van der Waals surface area contributed by atoms with Crippen LogP contribution in [0, 0.1) is 0 Å². The lowest BCUT2D eigenvalue weighted by atomic mass is 9.87. The van der Waals surface area contributed by atoms with Gasteiger partial charge in [-0.25, -0.2) is 9.97 Å². The highest BCUT2D eigenvalue weighted by atomic mass is 16.5. The molecule has 3 aromatic rings. The third-order valence-electron chi connectivity index (χ3n) is 4.12. The van der Waals surface area contributed by atoms with E-state index in [1.807, 2.05) is 60.7 Å². The van der Waals surface area contributed by atoms with Crippen molar-refractivity contribution >= 4 is 0 Å². The van der Waals surface area contributed by atoms with Crippen molar-refractivity contribution in [2.24, 2.45) is 11.5 Å². The molecule has 0 spiro atoms. The van der Waals surface area contributed by atoms with E-state index in [-0.39, 0.29) is 6.54 Å². The van der Waals surface area contributed by atoms with Gasteiger partial charge in [-0.3, -0.25) is 0 Å². The van der Waals surface area contributed by atoms with E-state index in [9.17, 15) is 0 Å². The lowest BCUT2D eigenvalue weighted by molar-refractivity contribution is 0.415. The molecular weight excluding hydrogens is 300 g/mol. The van der Waals surface area contributed by atoms with E-state index in [2.05, 4.69) is 9.97 Å². The summed E-state index contributed by atoms with van der Waals surface area (Å²) in [6.07, 6.45) is 1.52. The molecule has 5 nitrogen and oxygen atoms in total. The van der Waals surface area contributed by atoms with Crippen LogP contribution in [0.2, 0.25) is 0 Å². The Kier molecular flexibility index (Phi) is 4.55. The summed E-state index contributed by atoms with van der Waals surface area (Å²) in [4.78, 5) is 8.74. The second kappa shape index (κ2) is 6.78. The highest BCUT2D eigenvalue weighted by molar-refractivity contribution is 5.60. The first-order valence-electron chi connectivity index (χ1n) is 7.69. The molecule has 0 aliphatic heterocycles. The van der Waals surface area contributed by atoms with Crippen molar-refractivity contribution < 1.29 is 4.74 Å². The number of hydrogen-bond donors (Lipinski definition) is 2. The SMILES string of the molecule is COc1ccc(-c2cc(C(N)(CN)c3ccccc3)ncn2)cc1. The predicted octanol–water partition coefficient (Wildman–Crippen LogP) is 2.31. The lowest BCUT2D eigenvalue weighted by Crippen LogP contribution is -2.45. The highest BCUT2D eigenvalue weighted by Crippen LogP contribution is 2.27. The zero-order valence-electron chi connectivity index (χ0n) is 13.5. The van der Waals surface area contributed by atoms with Gasteiger partial charge in [0, 0.05) is 12.1 Å². The summed E-state index contributed by atoms with van der Waals surface area (Å²) < 4.78 is 5.19. The Morgan fingerprint density at radius 1 is 1.00 bits per heavy atom. The van der Waals surface area contributed by atoms with Crippen LogP contribution < -0.4 is 16.2 Å². The molecule has 0 aliphatic carbocycles. The summed E-state index contributed by atoms with van der Waals surface area (Å²) in [5.41, 5.74) is 15.1. The minimum absolute atomic E-state index is 0.246. The number of methoxy groups -OCH3 is 1. The van der Waals surface area contributed by atoms with Gasteiger partial charge in [-0.15, -0.1) is 0 Å². The molecule has 5 heteroatoms. The molecular formula is C19H20N4O. The van der Waals surface area contributed by atoms with Gasteiger partial charge in [0.05, 0.1) is 24.0 Å². The van der Waals surface area contributed by atoms with Crippen molar-refractivity contribution in [1.29, 1.82) is 0 Å². The van der Waals surface area contributed by atoms with Crippen LogP contribution in [0.1, 0.15) is 11.3 Å². The molecule has 0 amide bonds. The quantitative estimate of drug-likeness (QED) is 0.753. The smallest absolute Gasteiger partial charge is 0.118 e. The topological polar surface area (TPSA) is 87.0 Å². The van der Waals surface area contributed by atoms with E-state index in [1.165, 1.54) is 6.33 Å². The van der Waals surface area contributed by atoms with Crippen LogP contribution in [0.15, 0.2) is 67.0 Å². The number of nitrogens with two attached hydrogens (primary N) is 2. The zero-order valence-corrected chi connectivity index (χ0v) is 13.5. The van der Waals surface area contributed by atoms with Crippen molar-refractivity contribution in [2.45, 2.75) is 5.54 Å². The van der Waals surface area contributed by atoms with Gasteiger partial charge in [-0.1, -0.05) is 30.3 Å². The molecule has 2 aromatic carbocycles. The third kappa shape index (κ3) is 2.99. The van der Waals surface area contributed by atoms with Crippen LogP contribution in [0.3, 0.4) is 0 Å². The Morgan fingerprint density at radius 3 is 2.33 bits per heavy atom. The molecule has 0 fully saturated rings. The maximum absolute atomic E-state index is 6.60. The Hall–Kier alpha value is -2.76. The molecule has 1 atom stereocenters. The second-order valence-electron chi connectivity index (χ2n) is 5.56. The van der Waals surface area contributed by atoms with Crippen LogP contribution in [0.5, 0.6) is 5.75 Å². The molecule has 0 aliphatic rings. The van der Waals surface area contributed by atoms with Gasteiger partial charge in [0.25, 0.3) is 0 Å². The molecule has 0 saturated carbocycles. The fourth-order valence-corrected chi connectivity index (χ4v) is 2.63. The van der Waals surface area contributed by atoms with Crippen LogP contribution >= 0.6 is 0 Å². The normalized spacial score (nSPS) is 13.3.